The molecule has 0 radical (unpaired) electrons. The summed E-state index contributed by atoms with van der Waals surface area (Å²) in [7, 11) is -3.03. The van der Waals surface area contributed by atoms with Crippen molar-refractivity contribution in [2.24, 2.45) is 22.2 Å². The first-order chi connectivity index (χ1) is 14.8. The Bertz CT molecular complexity index is 984. The molecule has 0 atom stereocenters. The molecule has 0 spiro atoms. The molecular weight excluding hydrogens is 447 g/mol. The number of nitrogens with two attached hydrogens (primary N) is 3. The number of guanidine groups is 1. The smallest absolute Gasteiger partial charge is 0.370 e. The number of amides is 1. The van der Waals surface area contributed by atoms with Crippen molar-refractivity contribution >= 4 is 21.7 Å². The lowest BCUT2D eigenvalue weighted by Gasteiger charge is -2.41. The van der Waals surface area contributed by atoms with E-state index in [-0.39, 0.29) is 28.6 Å². The zero-order valence-corrected chi connectivity index (χ0v) is 18.4. The van der Waals surface area contributed by atoms with E-state index < -0.39 is 39.0 Å². The fourth-order valence-corrected chi connectivity index (χ4v) is 6.06. The number of carbonyl (C=O) groups excluding carboxylic acids is 1. The second-order valence-electron chi connectivity index (χ2n) is 8.71. The molecule has 12 heteroatoms. The van der Waals surface area contributed by atoms with Crippen LogP contribution in [0.2, 0.25) is 0 Å². The number of halogens is 3. The van der Waals surface area contributed by atoms with Crippen molar-refractivity contribution in [3.8, 4) is 0 Å². The Morgan fingerprint density at radius 1 is 1.16 bits per heavy atom. The molecule has 32 heavy (non-hydrogen) atoms. The quantitative estimate of drug-likeness (QED) is 0.438. The average molecular weight is 476 g/mol. The fraction of sp³-hybridized carbons (Fsp3) is 0.600. The predicted molar refractivity (Wildman–Crippen MR) is 115 cm³/mol. The largest absolute Gasteiger partial charge is 0.416 e. The van der Waals surface area contributed by atoms with Crippen LogP contribution < -0.4 is 17.2 Å². The number of hydrogen-bond donors (Lipinski definition) is 3. The van der Waals surface area contributed by atoms with Gasteiger partial charge in [0.15, 0.2) is 5.96 Å². The minimum atomic E-state index is -4.63. The molecule has 2 saturated heterocycles. The molecule has 2 heterocycles. The Hall–Kier alpha value is -2.18. The summed E-state index contributed by atoms with van der Waals surface area (Å²) in [5.74, 6) is -1.64. The van der Waals surface area contributed by atoms with Gasteiger partial charge in [-0.05, 0) is 62.4 Å². The van der Waals surface area contributed by atoms with Crippen molar-refractivity contribution < 1.29 is 26.4 Å². The Labute approximate surface area is 184 Å². The maximum absolute atomic E-state index is 13.7. The molecule has 2 aliphatic heterocycles. The number of benzene rings is 1. The highest BCUT2D eigenvalue weighted by Gasteiger charge is 2.39. The third-order valence-corrected chi connectivity index (χ3v) is 7.88. The van der Waals surface area contributed by atoms with Gasteiger partial charge < -0.3 is 22.1 Å². The molecule has 0 bridgehead atoms. The van der Waals surface area contributed by atoms with Crippen LogP contribution in [0.3, 0.4) is 0 Å². The van der Waals surface area contributed by atoms with Crippen LogP contribution in [0.15, 0.2) is 23.2 Å². The van der Waals surface area contributed by atoms with Gasteiger partial charge in [0.25, 0.3) is 5.91 Å². The number of sulfone groups is 1. The van der Waals surface area contributed by atoms with E-state index in [2.05, 4.69) is 9.89 Å². The van der Waals surface area contributed by atoms with Gasteiger partial charge in [0.2, 0.25) is 0 Å². The van der Waals surface area contributed by atoms with E-state index in [4.69, 9.17) is 17.2 Å². The number of hydrogen-bond acceptors (Lipinski definition) is 5. The monoisotopic (exact) mass is 475 g/mol. The number of carbonyl (C=O) groups is 1. The molecule has 1 aromatic rings. The number of alkyl halides is 3. The molecule has 6 N–H and O–H groups in total. The molecule has 2 fully saturated rings. The summed E-state index contributed by atoms with van der Waals surface area (Å²) in [6.07, 6.45) is -2.86. The van der Waals surface area contributed by atoms with Gasteiger partial charge in [-0.25, -0.2) is 8.42 Å². The normalized spacial score (nSPS) is 21.8. The molecule has 178 valence electrons. The molecule has 3 rings (SSSR count). The highest BCUT2D eigenvalue weighted by Crippen LogP contribution is 2.39. The topological polar surface area (TPSA) is 145 Å². The zero-order chi connectivity index (χ0) is 23.7. The summed E-state index contributed by atoms with van der Waals surface area (Å²) in [6, 6.07) is 3.44. The molecule has 1 aromatic carbocycles. The van der Waals surface area contributed by atoms with E-state index in [0.717, 1.165) is 6.07 Å². The molecule has 0 aromatic heterocycles. The van der Waals surface area contributed by atoms with Crippen molar-refractivity contribution in [2.75, 3.05) is 31.1 Å². The van der Waals surface area contributed by atoms with Gasteiger partial charge in [0.1, 0.15) is 9.84 Å². The number of likely N-dealkylation sites (tertiary alicyclic amines) is 1. The first-order valence-corrected chi connectivity index (χ1v) is 12.2. The number of rotatable bonds is 4. The van der Waals surface area contributed by atoms with E-state index in [1.807, 2.05) is 0 Å². The van der Waals surface area contributed by atoms with E-state index in [1.54, 1.807) is 0 Å². The highest BCUT2D eigenvalue weighted by atomic mass is 32.2. The van der Waals surface area contributed by atoms with Crippen LogP contribution >= 0.6 is 0 Å². The van der Waals surface area contributed by atoms with Crippen LogP contribution in [-0.2, 0) is 16.0 Å². The van der Waals surface area contributed by atoms with Gasteiger partial charge in [-0.2, -0.15) is 18.2 Å². The molecule has 0 aliphatic carbocycles. The molecule has 8 nitrogen and oxygen atoms in total. The number of nitrogens with zero attached hydrogens (tertiary/aromatic N) is 2. The van der Waals surface area contributed by atoms with Crippen molar-refractivity contribution in [1.82, 2.24) is 4.90 Å². The highest BCUT2D eigenvalue weighted by molar-refractivity contribution is 7.91. The van der Waals surface area contributed by atoms with Gasteiger partial charge in [-0.1, -0.05) is 6.07 Å². The van der Waals surface area contributed by atoms with Crippen molar-refractivity contribution in [3.63, 3.8) is 0 Å². The summed E-state index contributed by atoms with van der Waals surface area (Å²) >= 11 is 0. The van der Waals surface area contributed by atoms with Crippen LogP contribution in [-0.4, -0.2) is 61.9 Å². The van der Waals surface area contributed by atoms with E-state index in [1.165, 1.54) is 12.1 Å². The maximum atomic E-state index is 13.7. The third kappa shape index (κ3) is 5.99. The van der Waals surface area contributed by atoms with Crippen molar-refractivity contribution in [2.45, 2.75) is 43.3 Å². The number of piperidine rings is 1. The third-order valence-electron chi connectivity index (χ3n) is 6.22. The second kappa shape index (κ2) is 8.99. The van der Waals surface area contributed by atoms with Gasteiger partial charge in [-0.3, -0.25) is 4.79 Å². The Balaban J connectivity index is 1.70. The standard InChI is InChI=1S/C20H28F3N5O3S/c21-20(22,23)16-11-14(17(29)27-18(24)25)1-2-15(16)13-3-7-28(8-4-13)12-19(26)5-9-32(30,31)10-6-19/h1-2,11,13H,3-10,12,26H2,(H4,24,25,27,29). The maximum Gasteiger partial charge on any atom is 0.416 e. The van der Waals surface area contributed by atoms with Gasteiger partial charge in [0.05, 0.1) is 17.1 Å². The van der Waals surface area contributed by atoms with Gasteiger partial charge in [0, 0.05) is 17.6 Å². The summed E-state index contributed by atoms with van der Waals surface area (Å²) in [5.41, 5.74) is 15.1. The van der Waals surface area contributed by atoms with Crippen LogP contribution in [0, 0.1) is 0 Å². The summed E-state index contributed by atoms with van der Waals surface area (Å²) < 4.78 is 64.5. The first-order valence-electron chi connectivity index (χ1n) is 10.3. The lowest BCUT2D eigenvalue weighted by atomic mass is 9.84. The van der Waals surface area contributed by atoms with Crippen molar-refractivity contribution in [1.29, 1.82) is 0 Å². The average Bonchev–Trinajstić information content (AvgIpc) is 2.70. The van der Waals surface area contributed by atoms with Gasteiger partial charge >= 0.3 is 6.18 Å². The summed E-state index contributed by atoms with van der Waals surface area (Å²) in [6.45, 7) is 1.64. The fourth-order valence-electron chi connectivity index (χ4n) is 4.42. The van der Waals surface area contributed by atoms with E-state index in [0.29, 0.717) is 45.3 Å². The van der Waals surface area contributed by atoms with Crippen LogP contribution in [0.5, 0.6) is 0 Å². The summed E-state index contributed by atoms with van der Waals surface area (Å²) in [5, 5.41) is 0. The number of aliphatic imine (C=N–C) groups is 1. The first kappa shape index (κ1) is 24.5. The summed E-state index contributed by atoms with van der Waals surface area (Å²) in [4.78, 5) is 17.4. The lowest BCUT2D eigenvalue weighted by molar-refractivity contribution is -0.138. The Morgan fingerprint density at radius 2 is 1.75 bits per heavy atom. The minimum Gasteiger partial charge on any atom is -0.370 e. The van der Waals surface area contributed by atoms with E-state index >= 15 is 0 Å². The van der Waals surface area contributed by atoms with Crippen LogP contribution in [0.25, 0.3) is 0 Å². The Kier molecular flexibility index (Phi) is 6.87. The molecule has 2 aliphatic rings. The zero-order valence-electron chi connectivity index (χ0n) is 17.6. The van der Waals surface area contributed by atoms with Crippen LogP contribution in [0.4, 0.5) is 13.2 Å². The van der Waals surface area contributed by atoms with Crippen molar-refractivity contribution in [3.05, 3.63) is 34.9 Å². The van der Waals surface area contributed by atoms with E-state index in [9.17, 15) is 26.4 Å². The minimum absolute atomic E-state index is 0.0693. The Morgan fingerprint density at radius 3 is 2.28 bits per heavy atom. The molecule has 0 unspecified atom stereocenters. The second-order valence-corrected chi connectivity index (χ2v) is 11.0. The molecular formula is C20H28F3N5O3S. The molecule has 0 saturated carbocycles. The van der Waals surface area contributed by atoms with Crippen LogP contribution in [0.1, 0.15) is 53.1 Å². The lowest BCUT2D eigenvalue weighted by Crippen LogP contribution is -2.55. The molecule has 1 amide bonds. The van der Waals surface area contributed by atoms with Gasteiger partial charge in [-0.15, -0.1) is 0 Å². The SMILES string of the molecule is NC(N)=NC(=O)c1ccc(C2CCN(CC3(N)CCS(=O)(=O)CC3)CC2)c(C(F)(F)F)c1. The predicted octanol–water partition coefficient (Wildman–Crippen LogP) is 1.20.